The highest BCUT2D eigenvalue weighted by Crippen LogP contribution is 2.17. The highest BCUT2D eigenvalue weighted by atomic mass is 16.4. The van der Waals surface area contributed by atoms with Crippen LogP contribution < -0.4 is 5.32 Å². The van der Waals surface area contributed by atoms with Gasteiger partial charge in [0.1, 0.15) is 5.76 Å². The van der Waals surface area contributed by atoms with E-state index in [0.717, 1.165) is 23.8 Å². The summed E-state index contributed by atoms with van der Waals surface area (Å²) < 4.78 is 5.52. The second kappa shape index (κ2) is 5.03. The van der Waals surface area contributed by atoms with Gasteiger partial charge in [-0.1, -0.05) is 20.3 Å². The lowest BCUT2D eigenvalue weighted by atomic mass is 10.1. The Morgan fingerprint density at radius 3 is 2.64 bits per heavy atom. The van der Waals surface area contributed by atoms with Crippen molar-refractivity contribution < 1.29 is 4.42 Å². The van der Waals surface area contributed by atoms with E-state index in [1.165, 1.54) is 12.8 Å². The summed E-state index contributed by atoms with van der Waals surface area (Å²) in [5.41, 5.74) is 1.01. The van der Waals surface area contributed by atoms with E-state index in [1.807, 2.05) is 14.0 Å². The minimum Gasteiger partial charge on any atom is -0.429 e. The molecule has 1 aromatic rings. The Kier molecular flexibility index (Phi) is 3.98. The van der Waals surface area contributed by atoms with E-state index in [9.17, 15) is 0 Å². The summed E-state index contributed by atoms with van der Waals surface area (Å²) in [6.07, 6.45) is 3.42. The number of hydrogen-bond donors (Lipinski definition) is 1. The van der Waals surface area contributed by atoms with Crippen LogP contribution in [0.4, 0.5) is 6.01 Å². The quantitative estimate of drug-likeness (QED) is 0.786. The Hall–Kier alpha value is -0.990. The summed E-state index contributed by atoms with van der Waals surface area (Å²) in [4.78, 5) is 4.25. The zero-order valence-electron chi connectivity index (χ0n) is 9.55. The highest BCUT2D eigenvalue weighted by molar-refractivity contribution is 5.23. The van der Waals surface area contributed by atoms with E-state index in [-0.39, 0.29) is 0 Å². The Labute approximate surface area is 85.9 Å². The SMILES string of the molecule is CNc1nc(C)c(CCCC(C)C)o1. The number of aromatic nitrogens is 1. The van der Waals surface area contributed by atoms with Gasteiger partial charge in [0.05, 0.1) is 5.69 Å². The van der Waals surface area contributed by atoms with Crippen LogP contribution in [0.15, 0.2) is 4.42 Å². The molecule has 0 aliphatic rings. The molecule has 0 radical (unpaired) electrons. The third kappa shape index (κ3) is 3.05. The zero-order chi connectivity index (χ0) is 10.6. The van der Waals surface area contributed by atoms with Crippen molar-refractivity contribution in [2.24, 2.45) is 5.92 Å². The predicted molar refractivity (Wildman–Crippen MR) is 58.6 cm³/mol. The molecule has 0 unspecified atom stereocenters. The van der Waals surface area contributed by atoms with Crippen LogP contribution in [0, 0.1) is 12.8 Å². The van der Waals surface area contributed by atoms with Crippen molar-refractivity contribution in [3.8, 4) is 0 Å². The van der Waals surface area contributed by atoms with Crippen LogP contribution in [0.1, 0.15) is 38.1 Å². The van der Waals surface area contributed by atoms with Gasteiger partial charge in [0, 0.05) is 13.5 Å². The molecule has 0 aliphatic carbocycles. The molecule has 0 fully saturated rings. The van der Waals surface area contributed by atoms with Gasteiger partial charge >= 0.3 is 0 Å². The van der Waals surface area contributed by atoms with Crippen LogP contribution in [0.25, 0.3) is 0 Å². The Bertz CT molecular complexity index is 279. The minimum atomic E-state index is 0.627. The summed E-state index contributed by atoms with van der Waals surface area (Å²) in [5, 5.41) is 2.91. The fourth-order valence-electron chi connectivity index (χ4n) is 1.44. The van der Waals surface area contributed by atoms with E-state index in [1.54, 1.807) is 0 Å². The molecular weight excluding hydrogens is 176 g/mol. The fourth-order valence-corrected chi connectivity index (χ4v) is 1.44. The topological polar surface area (TPSA) is 38.1 Å². The lowest BCUT2D eigenvalue weighted by Crippen LogP contribution is -1.91. The van der Waals surface area contributed by atoms with Crippen molar-refractivity contribution in [1.82, 2.24) is 4.98 Å². The summed E-state index contributed by atoms with van der Waals surface area (Å²) in [6.45, 7) is 6.48. The smallest absolute Gasteiger partial charge is 0.294 e. The van der Waals surface area contributed by atoms with E-state index >= 15 is 0 Å². The van der Waals surface area contributed by atoms with Gasteiger partial charge in [-0.3, -0.25) is 0 Å². The van der Waals surface area contributed by atoms with Gasteiger partial charge < -0.3 is 9.73 Å². The molecule has 0 saturated carbocycles. The third-order valence-corrected chi connectivity index (χ3v) is 2.29. The van der Waals surface area contributed by atoms with E-state index in [4.69, 9.17) is 4.42 Å². The average molecular weight is 196 g/mol. The zero-order valence-corrected chi connectivity index (χ0v) is 9.55. The summed E-state index contributed by atoms with van der Waals surface area (Å²) in [6, 6.07) is 0.627. The molecule has 0 bridgehead atoms. The molecule has 1 aromatic heterocycles. The maximum Gasteiger partial charge on any atom is 0.294 e. The lowest BCUT2D eigenvalue weighted by Gasteiger charge is -2.02. The number of anilines is 1. The molecule has 1 N–H and O–H groups in total. The molecule has 1 rings (SSSR count). The standard InChI is InChI=1S/C11H20N2O/c1-8(2)6-5-7-10-9(3)13-11(12-4)14-10/h8H,5-7H2,1-4H3,(H,12,13). The first-order chi connectivity index (χ1) is 6.63. The normalized spacial score (nSPS) is 10.9. The van der Waals surface area contributed by atoms with Gasteiger partial charge in [0.15, 0.2) is 0 Å². The van der Waals surface area contributed by atoms with Gasteiger partial charge in [-0.25, -0.2) is 0 Å². The Morgan fingerprint density at radius 1 is 1.43 bits per heavy atom. The molecule has 3 nitrogen and oxygen atoms in total. The van der Waals surface area contributed by atoms with E-state index in [0.29, 0.717) is 6.01 Å². The number of oxazole rings is 1. The second-order valence-electron chi connectivity index (χ2n) is 4.06. The molecular formula is C11H20N2O. The molecule has 3 heteroatoms. The van der Waals surface area contributed by atoms with Crippen LogP contribution in [0.5, 0.6) is 0 Å². The van der Waals surface area contributed by atoms with Crippen LogP contribution in [-0.2, 0) is 6.42 Å². The highest BCUT2D eigenvalue weighted by Gasteiger charge is 2.07. The van der Waals surface area contributed by atoms with Crippen molar-refractivity contribution in [2.75, 3.05) is 12.4 Å². The van der Waals surface area contributed by atoms with Gasteiger partial charge in [-0.15, -0.1) is 0 Å². The molecule has 0 atom stereocenters. The molecule has 80 valence electrons. The predicted octanol–water partition coefficient (Wildman–Crippen LogP) is 3.00. The van der Waals surface area contributed by atoms with Crippen LogP contribution in [0.3, 0.4) is 0 Å². The van der Waals surface area contributed by atoms with Gasteiger partial charge in [-0.05, 0) is 19.3 Å². The molecule has 0 spiro atoms. The number of nitrogens with one attached hydrogen (secondary N) is 1. The first-order valence-corrected chi connectivity index (χ1v) is 5.27. The first kappa shape index (κ1) is 11.1. The van der Waals surface area contributed by atoms with Gasteiger partial charge in [0.25, 0.3) is 6.01 Å². The Balaban J connectivity index is 2.45. The maximum absolute atomic E-state index is 5.52. The van der Waals surface area contributed by atoms with Crippen molar-refractivity contribution in [2.45, 2.75) is 40.0 Å². The number of aryl methyl sites for hydroxylation is 2. The summed E-state index contributed by atoms with van der Waals surface area (Å²) in [5.74, 6) is 1.79. The monoisotopic (exact) mass is 196 g/mol. The molecule has 0 aliphatic heterocycles. The van der Waals surface area contributed by atoms with Crippen molar-refractivity contribution >= 4 is 6.01 Å². The van der Waals surface area contributed by atoms with Crippen molar-refractivity contribution in [3.63, 3.8) is 0 Å². The van der Waals surface area contributed by atoms with E-state index < -0.39 is 0 Å². The van der Waals surface area contributed by atoms with E-state index in [2.05, 4.69) is 24.1 Å². The second-order valence-corrected chi connectivity index (χ2v) is 4.06. The Morgan fingerprint density at radius 2 is 2.14 bits per heavy atom. The van der Waals surface area contributed by atoms with Gasteiger partial charge in [-0.2, -0.15) is 4.98 Å². The average Bonchev–Trinajstić information content (AvgIpc) is 2.47. The van der Waals surface area contributed by atoms with Gasteiger partial charge in [0.2, 0.25) is 0 Å². The molecule has 1 heterocycles. The van der Waals surface area contributed by atoms with Crippen molar-refractivity contribution in [1.29, 1.82) is 0 Å². The molecule has 0 aromatic carbocycles. The van der Waals surface area contributed by atoms with Crippen LogP contribution in [0.2, 0.25) is 0 Å². The minimum absolute atomic E-state index is 0.627. The lowest BCUT2D eigenvalue weighted by molar-refractivity contribution is 0.483. The molecule has 0 amide bonds. The number of nitrogens with zero attached hydrogens (tertiary/aromatic N) is 1. The fraction of sp³-hybridized carbons (Fsp3) is 0.727. The largest absolute Gasteiger partial charge is 0.429 e. The third-order valence-electron chi connectivity index (χ3n) is 2.29. The van der Waals surface area contributed by atoms with Crippen LogP contribution in [-0.4, -0.2) is 12.0 Å². The van der Waals surface area contributed by atoms with Crippen molar-refractivity contribution in [3.05, 3.63) is 11.5 Å². The maximum atomic E-state index is 5.52. The molecule has 0 saturated heterocycles. The number of rotatable bonds is 5. The summed E-state index contributed by atoms with van der Waals surface area (Å²) >= 11 is 0. The van der Waals surface area contributed by atoms with Crippen LogP contribution >= 0.6 is 0 Å². The number of hydrogen-bond acceptors (Lipinski definition) is 3. The first-order valence-electron chi connectivity index (χ1n) is 5.27. The molecule has 14 heavy (non-hydrogen) atoms. The summed E-state index contributed by atoms with van der Waals surface area (Å²) in [7, 11) is 1.82.